The van der Waals surface area contributed by atoms with E-state index in [4.69, 9.17) is 0 Å². The van der Waals surface area contributed by atoms with Gasteiger partial charge in [0.05, 0.1) is 0 Å². The van der Waals surface area contributed by atoms with Gasteiger partial charge in [-0.1, -0.05) is 43.5 Å². The molecular formula is C20H33N3O. The predicted molar refractivity (Wildman–Crippen MR) is 99.8 cm³/mol. The Bertz CT molecular complexity index is 497. The maximum atomic E-state index is 11.9. The normalized spacial score (nSPS) is 15.6. The van der Waals surface area contributed by atoms with Crippen molar-refractivity contribution in [3.05, 3.63) is 35.4 Å². The molecule has 4 heteroatoms. The lowest BCUT2D eigenvalue weighted by atomic mass is 9.94. The lowest BCUT2D eigenvalue weighted by Crippen LogP contribution is -2.33. The molecule has 0 atom stereocenters. The van der Waals surface area contributed by atoms with E-state index in [1.165, 1.54) is 43.2 Å². The molecule has 4 nitrogen and oxygen atoms in total. The molecule has 2 N–H and O–H groups in total. The third-order valence-corrected chi connectivity index (χ3v) is 5.04. The third-order valence-electron chi connectivity index (χ3n) is 5.04. The van der Waals surface area contributed by atoms with Gasteiger partial charge in [-0.05, 0) is 51.0 Å². The van der Waals surface area contributed by atoms with Crippen LogP contribution in [-0.2, 0) is 17.9 Å². The highest BCUT2D eigenvalue weighted by Gasteiger charge is 2.18. The first-order valence-electron chi connectivity index (χ1n) is 9.39. The van der Waals surface area contributed by atoms with E-state index in [2.05, 4.69) is 46.8 Å². The van der Waals surface area contributed by atoms with Crippen LogP contribution in [0.4, 0.5) is 0 Å². The Hall–Kier alpha value is -1.39. The largest absolute Gasteiger partial charge is 0.352 e. The van der Waals surface area contributed by atoms with Gasteiger partial charge in [-0.2, -0.15) is 0 Å². The summed E-state index contributed by atoms with van der Waals surface area (Å²) in [6.07, 6.45) is 8.22. The summed E-state index contributed by atoms with van der Waals surface area (Å²) in [5.41, 5.74) is 2.57. The fourth-order valence-corrected chi connectivity index (χ4v) is 3.51. The van der Waals surface area contributed by atoms with Crippen LogP contribution in [-0.4, -0.2) is 37.5 Å². The summed E-state index contributed by atoms with van der Waals surface area (Å²) in [5.74, 6) is 0.140. The van der Waals surface area contributed by atoms with E-state index in [-0.39, 0.29) is 5.91 Å². The summed E-state index contributed by atoms with van der Waals surface area (Å²) in [6.45, 7) is 2.49. The topological polar surface area (TPSA) is 44.4 Å². The molecule has 1 fully saturated rings. The monoisotopic (exact) mass is 331 g/mol. The van der Waals surface area contributed by atoms with Crippen molar-refractivity contribution < 1.29 is 4.79 Å². The fraction of sp³-hybridized carbons (Fsp3) is 0.650. The summed E-state index contributed by atoms with van der Waals surface area (Å²) in [4.78, 5) is 14.4. The van der Waals surface area contributed by atoms with Crippen LogP contribution < -0.4 is 10.6 Å². The molecule has 0 saturated heterocycles. The first-order chi connectivity index (χ1) is 11.7. The van der Waals surface area contributed by atoms with Crippen LogP contribution in [0.15, 0.2) is 24.3 Å². The van der Waals surface area contributed by atoms with E-state index >= 15 is 0 Å². The number of nitrogens with one attached hydrogen (secondary N) is 2. The third kappa shape index (κ3) is 6.25. The SMILES string of the molecule is CNCCCC(=O)NCc1ccccc1CN(C)C1CCCCC1. The van der Waals surface area contributed by atoms with Crippen LogP contribution >= 0.6 is 0 Å². The summed E-state index contributed by atoms with van der Waals surface area (Å²) in [7, 11) is 4.15. The zero-order valence-electron chi connectivity index (χ0n) is 15.3. The molecule has 1 saturated carbocycles. The Kier molecular flexibility index (Phi) is 8.26. The summed E-state index contributed by atoms with van der Waals surface area (Å²) >= 11 is 0. The molecule has 0 radical (unpaired) electrons. The average Bonchev–Trinajstić information content (AvgIpc) is 2.62. The summed E-state index contributed by atoms with van der Waals surface area (Å²) in [6, 6.07) is 9.21. The van der Waals surface area contributed by atoms with Gasteiger partial charge in [0, 0.05) is 25.6 Å². The van der Waals surface area contributed by atoms with Gasteiger partial charge >= 0.3 is 0 Å². The molecule has 0 aliphatic heterocycles. The molecule has 24 heavy (non-hydrogen) atoms. The number of carbonyl (C=O) groups excluding carboxylic acids is 1. The molecule has 134 valence electrons. The van der Waals surface area contributed by atoms with Crippen molar-refractivity contribution in [2.45, 2.75) is 64.1 Å². The summed E-state index contributed by atoms with van der Waals surface area (Å²) < 4.78 is 0. The van der Waals surface area contributed by atoms with Gasteiger partial charge in [-0.25, -0.2) is 0 Å². The minimum absolute atomic E-state index is 0.140. The van der Waals surface area contributed by atoms with Crippen molar-refractivity contribution in [1.82, 2.24) is 15.5 Å². The van der Waals surface area contributed by atoms with E-state index in [9.17, 15) is 4.79 Å². The summed E-state index contributed by atoms with van der Waals surface area (Å²) in [5, 5.41) is 6.14. The van der Waals surface area contributed by atoms with Crippen molar-refractivity contribution in [1.29, 1.82) is 0 Å². The Morgan fingerprint density at radius 2 is 1.88 bits per heavy atom. The van der Waals surface area contributed by atoms with Gasteiger partial charge in [-0.3, -0.25) is 9.69 Å². The smallest absolute Gasteiger partial charge is 0.220 e. The van der Waals surface area contributed by atoms with Gasteiger partial charge in [0.25, 0.3) is 0 Å². The average molecular weight is 332 g/mol. The molecule has 0 spiro atoms. The van der Waals surface area contributed by atoms with Crippen molar-refractivity contribution in [2.75, 3.05) is 20.6 Å². The highest BCUT2D eigenvalue weighted by molar-refractivity contribution is 5.75. The van der Waals surface area contributed by atoms with Crippen LogP contribution in [0.2, 0.25) is 0 Å². The minimum Gasteiger partial charge on any atom is -0.352 e. The zero-order valence-corrected chi connectivity index (χ0v) is 15.3. The molecule has 0 aromatic heterocycles. The molecule has 1 aromatic carbocycles. The molecular weight excluding hydrogens is 298 g/mol. The fourth-order valence-electron chi connectivity index (χ4n) is 3.51. The van der Waals surface area contributed by atoms with Crippen molar-refractivity contribution in [3.8, 4) is 0 Å². The maximum Gasteiger partial charge on any atom is 0.220 e. The van der Waals surface area contributed by atoms with E-state index in [0.717, 1.165) is 19.5 Å². The Balaban J connectivity index is 1.86. The lowest BCUT2D eigenvalue weighted by molar-refractivity contribution is -0.121. The number of amides is 1. The Morgan fingerprint density at radius 1 is 1.17 bits per heavy atom. The van der Waals surface area contributed by atoms with Gasteiger partial charge in [0.15, 0.2) is 0 Å². The second-order valence-electron chi connectivity index (χ2n) is 6.96. The van der Waals surface area contributed by atoms with Crippen LogP contribution in [0.25, 0.3) is 0 Å². The maximum absolute atomic E-state index is 11.9. The van der Waals surface area contributed by atoms with E-state index in [1.807, 2.05) is 7.05 Å². The van der Waals surface area contributed by atoms with E-state index < -0.39 is 0 Å². The minimum atomic E-state index is 0.140. The first kappa shape index (κ1) is 18.9. The van der Waals surface area contributed by atoms with Gasteiger partial charge in [-0.15, -0.1) is 0 Å². The predicted octanol–water partition coefficient (Wildman–Crippen LogP) is 3.07. The Morgan fingerprint density at radius 3 is 2.58 bits per heavy atom. The number of hydrogen-bond acceptors (Lipinski definition) is 3. The van der Waals surface area contributed by atoms with Gasteiger partial charge in [0.2, 0.25) is 5.91 Å². The quantitative estimate of drug-likeness (QED) is 0.684. The molecule has 0 unspecified atom stereocenters. The van der Waals surface area contributed by atoms with Crippen LogP contribution in [0.3, 0.4) is 0 Å². The van der Waals surface area contributed by atoms with Crippen molar-refractivity contribution in [3.63, 3.8) is 0 Å². The van der Waals surface area contributed by atoms with Crippen LogP contribution in [0.1, 0.15) is 56.1 Å². The number of carbonyl (C=O) groups is 1. The molecule has 0 heterocycles. The molecule has 1 aromatic rings. The van der Waals surface area contributed by atoms with Crippen molar-refractivity contribution >= 4 is 5.91 Å². The number of hydrogen-bond donors (Lipinski definition) is 2. The molecule has 1 amide bonds. The molecule has 0 bridgehead atoms. The van der Waals surface area contributed by atoms with Crippen LogP contribution in [0, 0.1) is 0 Å². The standard InChI is InChI=1S/C20H33N3O/c1-21-14-8-13-20(24)22-15-17-9-6-7-10-18(17)16-23(2)19-11-4-3-5-12-19/h6-7,9-10,19,21H,3-5,8,11-16H2,1-2H3,(H,22,24). The van der Waals surface area contributed by atoms with E-state index in [1.54, 1.807) is 0 Å². The van der Waals surface area contributed by atoms with Crippen molar-refractivity contribution in [2.24, 2.45) is 0 Å². The van der Waals surface area contributed by atoms with Crippen LogP contribution in [0.5, 0.6) is 0 Å². The molecule has 2 rings (SSSR count). The highest BCUT2D eigenvalue weighted by atomic mass is 16.1. The number of rotatable bonds is 9. The number of nitrogens with zero attached hydrogens (tertiary/aromatic N) is 1. The zero-order chi connectivity index (χ0) is 17.2. The molecule has 1 aliphatic carbocycles. The van der Waals surface area contributed by atoms with E-state index in [0.29, 0.717) is 19.0 Å². The highest BCUT2D eigenvalue weighted by Crippen LogP contribution is 2.23. The Labute approximate surface area is 147 Å². The van der Waals surface area contributed by atoms with Gasteiger partial charge in [0.1, 0.15) is 0 Å². The lowest BCUT2D eigenvalue weighted by Gasteiger charge is -2.31. The van der Waals surface area contributed by atoms with Gasteiger partial charge < -0.3 is 10.6 Å². The number of benzene rings is 1. The molecule has 1 aliphatic rings. The second-order valence-corrected chi connectivity index (χ2v) is 6.96. The first-order valence-corrected chi connectivity index (χ1v) is 9.39. The second kappa shape index (κ2) is 10.5.